The summed E-state index contributed by atoms with van der Waals surface area (Å²) in [6.07, 6.45) is 1.65. The van der Waals surface area contributed by atoms with Gasteiger partial charge in [0.2, 0.25) is 5.13 Å². The lowest BCUT2D eigenvalue weighted by Gasteiger charge is -2.11. The Morgan fingerprint density at radius 1 is 1.22 bits per heavy atom. The number of nitrogens with zero attached hydrogens (tertiary/aromatic N) is 2. The molecular formula is C20H19N3O3S. The average molecular weight is 381 g/mol. The van der Waals surface area contributed by atoms with Crippen molar-refractivity contribution in [1.82, 2.24) is 4.98 Å². The van der Waals surface area contributed by atoms with E-state index in [4.69, 9.17) is 9.47 Å². The van der Waals surface area contributed by atoms with Crippen LogP contribution in [0.3, 0.4) is 0 Å². The quantitative estimate of drug-likeness (QED) is 0.282. The van der Waals surface area contributed by atoms with Crippen molar-refractivity contribution in [2.45, 2.75) is 13.8 Å². The number of esters is 1. The Bertz CT molecular complexity index is 939. The third-order valence-corrected chi connectivity index (χ3v) is 4.34. The zero-order valence-corrected chi connectivity index (χ0v) is 15.8. The summed E-state index contributed by atoms with van der Waals surface area (Å²) in [5.74, 6) is 0.418. The van der Waals surface area contributed by atoms with Crippen LogP contribution in [0.1, 0.15) is 28.5 Å². The van der Waals surface area contributed by atoms with Crippen LogP contribution in [0.25, 0.3) is 0 Å². The van der Waals surface area contributed by atoms with Crippen LogP contribution in [-0.4, -0.2) is 23.8 Å². The van der Waals surface area contributed by atoms with Crippen molar-refractivity contribution in [3.63, 3.8) is 0 Å². The number of aromatic nitrogens is 1. The van der Waals surface area contributed by atoms with Gasteiger partial charge in [-0.05, 0) is 49.7 Å². The summed E-state index contributed by atoms with van der Waals surface area (Å²) in [5, 5.41) is 6.84. The second kappa shape index (κ2) is 8.95. The van der Waals surface area contributed by atoms with Gasteiger partial charge in [-0.25, -0.2) is 9.78 Å². The fourth-order valence-electron chi connectivity index (χ4n) is 2.26. The number of nitrogens with one attached hydrogen (secondary N) is 1. The number of rotatable bonds is 7. The van der Waals surface area contributed by atoms with Crippen molar-refractivity contribution in [3.8, 4) is 11.5 Å². The summed E-state index contributed by atoms with van der Waals surface area (Å²) < 4.78 is 11.1. The summed E-state index contributed by atoms with van der Waals surface area (Å²) in [5.41, 5.74) is 5.11. The van der Waals surface area contributed by atoms with E-state index in [1.54, 1.807) is 48.7 Å². The van der Waals surface area contributed by atoms with E-state index in [9.17, 15) is 4.79 Å². The summed E-state index contributed by atoms with van der Waals surface area (Å²) in [7, 11) is 0. The smallest absolute Gasteiger partial charge is 0.343 e. The third kappa shape index (κ3) is 5.15. The lowest BCUT2D eigenvalue weighted by Crippen LogP contribution is -2.09. The van der Waals surface area contributed by atoms with Crippen molar-refractivity contribution in [2.75, 3.05) is 12.0 Å². The molecule has 0 radical (unpaired) electrons. The highest BCUT2D eigenvalue weighted by molar-refractivity contribution is 7.13. The van der Waals surface area contributed by atoms with Gasteiger partial charge in [0.05, 0.1) is 24.1 Å². The highest BCUT2D eigenvalue weighted by Crippen LogP contribution is 2.29. The molecule has 0 saturated carbocycles. The van der Waals surface area contributed by atoms with Crippen molar-refractivity contribution in [3.05, 3.63) is 70.7 Å². The SMILES string of the molecule is CCOc1cc(C=NNc2nc(C)cs2)ccc1OC(=O)c1ccccc1. The molecule has 0 spiro atoms. The molecule has 6 nitrogen and oxygen atoms in total. The van der Waals surface area contributed by atoms with Crippen LogP contribution in [-0.2, 0) is 0 Å². The number of ether oxygens (including phenoxy) is 2. The van der Waals surface area contributed by atoms with Crippen LogP contribution >= 0.6 is 11.3 Å². The summed E-state index contributed by atoms with van der Waals surface area (Å²) in [6, 6.07) is 14.1. The van der Waals surface area contributed by atoms with Crippen molar-refractivity contribution >= 4 is 28.7 Å². The maximum Gasteiger partial charge on any atom is 0.343 e. The average Bonchev–Trinajstić information content (AvgIpc) is 3.10. The van der Waals surface area contributed by atoms with Gasteiger partial charge in [0.15, 0.2) is 11.5 Å². The van der Waals surface area contributed by atoms with Gasteiger partial charge in [0.25, 0.3) is 0 Å². The molecule has 27 heavy (non-hydrogen) atoms. The molecule has 1 heterocycles. The number of thiazole rings is 1. The molecule has 2 aromatic carbocycles. The van der Waals surface area contributed by atoms with E-state index in [1.807, 2.05) is 25.3 Å². The molecule has 0 aliphatic carbocycles. The fourth-order valence-corrected chi connectivity index (χ4v) is 2.89. The topological polar surface area (TPSA) is 72.8 Å². The van der Waals surface area contributed by atoms with Crippen LogP contribution in [0.2, 0.25) is 0 Å². The zero-order valence-electron chi connectivity index (χ0n) is 15.0. The Kier molecular flexibility index (Phi) is 6.17. The Balaban J connectivity index is 1.72. The van der Waals surface area contributed by atoms with Gasteiger partial charge in [-0.1, -0.05) is 18.2 Å². The molecule has 0 saturated heterocycles. The number of hydrogen-bond acceptors (Lipinski definition) is 7. The molecule has 0 unspecified atom stereocenters. The molecular weight excluding hydrogens is 362 g/mol. The van der Waals surface area contributed by atoms with Crippen LogP contribution in [0.4, 0.5) is 5.13 Å². The Hall–Kier alpha value is -3.19. The van der Waals surface area contributed by atoms with Gasteiger partial charge >= 0.3 is 5.97 Å². The maximum absolute atomic E-state index is 12.3. The minimum absolute atomic E-state index is 0.367. The number of benzene rings is 2. The minimum atomic E-state index is -0.432. The number of hydrazone groups is 1. The third-order valence-electron chi connectivity index (χ3n) is 3.47. The molecule has 0 aliphatic rings. The molecule has 1 N–H and O–H groups in total. The highest BCUT2D eigenvalue weighted by atomic mass is 32.1. The standard InChI is InChI=1S/C20H19N3O3S/c1-3-25-18-11-15(12-21-23-20-22-14(2)13-27-20)9-10-17(18)26-19(24)16-7-5-4-6-8-16/h4-13H,3H2,1-2H3,(H,22,23). The molecule has 7 heteroatoms. The fraction of sp³-hybridized carbons (Fsp3) is 0.150. The highest BCUT2D eigenvalue weighted by Gasteiger charge is 2.12. The molecule has 0 atom stereocenters. The number of aryl methyl sites for hydroxylation is 1. The van der Waals surface area contributed by atoms with Crippen molar-refractivity contribution in [2.24, 2.45) is 5.10 Å². The van der Waals surface area contributed by atoms with Crippen LogP contribution in [0.15, 0.2) is 59.0 Å². The van der Waals surface area contributed by atoms with Gasteiger partial charge < -0.3 is 9.47 Å². The molecule has 0 aliphatic heterocycles. The van der Waals surface area contributed by atoms with E-state index in [0.717, 1.165) is 16.4 Å². The van der Waals surface area contributed by atoms with E-state index in [1.165, 1.54) is 11.3 Å². The Morgan fingerprint density at radius 3 is 2.74 bits per heavy atom. The summed E-state index contributed by atoms with van der Waals surface area (Å²) in [6.45, 7) is 4.25. The van der Waals surface area contributed by atoms with E-state index in [-0.39, 0.29) is 0 Å². The zero-order chi connectivity index (χ0) is 19.1. The largest absolute Gasteiger partial charge is 0.490 e. The van der Waals surface area contributed by atoms with Gasteiger partial charge in [0, 0.05) is 5.38 Å². The second-order valence-electron chi connectivity index (χ2n) is 5.56. The first-order valence-electron chi connectivity index (χ1n) is 8.41. The van der Waals surface area contributed by atoms with Crippen LogP contribution in [0, 0.1) is 6.92 Å². The van der Waals surface area contributed by atoms with Crippen LogP contribution < -0.4 is 14.9 Å². The first kappa shape index (κ1) is 18.6. The number of carbonyl (C=O) groups excluding carboxylic acids is 1. The molecule has 0 fully saturated rings. The molecule has 0 amide bonds. The van der Waals surface area contributed by atoms with Crippen molar-refractivity contribution in [1.29, 1.82) is 0 Å². The lowest BCUT2D eigenvalue weighted by molar-refractivity contribution is 0.0728. The second-order valence-corrected chi connectivity index (χ2v) is 6.42. The number of anilines is 1. The summed E-state index contributed by atoms with van der Waals surface area (Å²) >= 11 is 1.48. The van der Waals surface area contributed by atoms with Crippen molar-refractivity contribution < 1.29 is 14.3 Å². The predicted molar refractivity (Wildman–Crippen MR) is 107 cm³/mol. The first-order chi connectivity index (χ1) is 13.2. The van der Waals surface area contributed by atoms with E-state index in [2.05, 4.69) is 15.5 Å². The van der Waals surface area contributed by atoms with Gasteiger partial charge in [-0.15, -0.1) is 11.3 Å². The molecule has 0 bridgehead atoms. The first-order valence-corrected chi connectivity index (χ1v) is 9.29. The normalized spacial score (nSPS) is 10.7. The predicted octanol–water partition coefficient (Wildman–Crippen LogP) is 4.52. The Labute approximate surface area is 161 Å². The number of hydrogen-bond donors (Lipinski definition) is 1. The molecule has 3 rings (SSSR count). The maximum atomic E-state index is 12.3. The van der Waals surface area contributed by atoms with Crippen LogP contribution in [0.5, 0.6) is 11.5 Å². The summed E-state index contributed by atoms with van der Waals surface area (Å²) in [4.78, 5) is 16.5. The van der Waals surface area contributed by atoms with E-state index >= 15 is 0 Å². The van der Waals surface area contributed by atoms with Gasteiger partial charge in [-0.2, -0.15) is 5.10 Å². The van der Waals surface area contributed by atoms with E-state index < -0.39 is 5.97 Å². The molecule has 1 aromatic heterocycles. The lowest BCUT2D eigenvalue weighted by atomic mass is 10.2. The Morgan fingerprint density at radius 2 is 2.04 bits per heavy atom. The van der Waals surface area contributed by atoms with Gasteiger partial charge in [-0.3, -0.25) is 5.43 Å². The monoisotopic (exact) mass is 381 g/mol. The minimum Gasteiger partial charge on any atom is -0.490 e. The number of carbonyl (C=O) groups is 1. The van der Waals surface area contributed by atoms with Gasteiger partial charge in [0.1, 0.15) is 0 Å². The van der Waals surface area contributed by atoms with E-state index in [0.29, 0.717) is 23.7 Å². The molecule has 138 valence electrons. The molecule has 3 aromatic rings.